The molecule has 2 aromatic rings. The Morgan fingerprint density at radius 1 is 1.00 bits per heavy atom. The molecule has 0 heterocycles. The first-order valence-electron chi connectivity index (χ1n) is 9.77. The van der Waals surface area contributed by atoms with Crippen LogP contribution in [0.4, 0.5) is 5.69 Å². The summed E-state index contributed by atoms with van der Waals surface area (Å²) in [5.74, 6) is -1.11. The predicted octanol–water partition coefficient (Wildman–Crippen LogP) is 3.27. The Morgan fingerprint density at radius 2 is 1.59 bits per heavy atom. The van der Waals surface area contributed by atoms with Crippen LogP contribution < -0.4 is 10.6 Å². The summed E-state index contributed by atoms with van der Waals surface area (Å²) in [6.07, 6.45) is 0.593. The summed E-state index contributed by atoms with van der Waals surface area (Å²) in [5, 5.41) is 15.4. The molecule has 0 bridgehead atoms. The normalized spacial score (nSPS) is 14.3. The summed E-state index contributed by atoms with van der Waals surface area (Å²) in [5.41, 5.74) is 1.90. The Morgan fingerprint density at radius 3 is 2.10 bits per heavy atom. The minimum absolute atomic E-state index is 0.104. The highest BCUT2D eigenvalue weighted by atomic mass is 16.4. The van der Waals surface area contributed by atoms with E-state index in [1.807, 2.05) is 38.1 Å². The molecule has 152 valence electrons. The van der Waals surface area contributed by atoms with Crippen LogP contribution in [-0.2, 0) is 22.4 Å². The Bertz CT molecular complexity index is 894. The largest absolute Gasteiger partial charge is 0.481 e. The van der Waals surface area contributed by atoms with Gasteiger partial charge in [-0.25, -0.2) is 0 Å². The van der Waals surface area contributed by atoms with Crippen LogP contribution in [0.2, 0.25) is 0 Å². The number of hydrogen-bond acceptors (Lipinski definition) is 3. The Balaban J connectivity index is 1.63. The molecule has 0 saturated carbocycles. The van der Waals surface area contributed by atoms with Gasteiger partial charge in [-0.05, 0) is 54.2 Å². The van der Waals surface area contributed by atoms with Gasteiger partial charge in [-0.2, -0.15) is 0 Å². The van der Waals surface area contributed by atoms with E-state index in [-0.39, 0.29) is 18.2 Å². The Labute approximate surface area is 170 Å². The average molecular weight is 394 g/mol. The fourth-order valence-electron chi connectivity index (χ4n) is 3.66. The highest BCUT2D eigenvalue weighted by Gasteiger charge is 2.45. The lowest BCUT2D eigenvalue weighted by Gasteiger charge is -2.23. The summed E-state index contributed by atoms with van der Waals surface area (Å²) >= 11 is 0. The number of carbonyl (C=O) groups is 3. The van der Waals surface area contributed by atoms with E-state index in [4.69, 9.17) is 0 Å². The smallest absolute Gasteiger partial charge is 0.310 e. The number of amides is 2. The van der Waals surface area contributed by atoms with Gasteiger partial charge < -0.3 is 15.7 Å². The Hall–Kier alpha value is -3.15. The van der Waals surface area contributed by atoms with Crippen LogP contribution in [0.5, 0.6) is 0 Å². The molecular formula is C23H26N2O4. The van der Waals surface area contributed by atoms with Gasteiger partial charge in [0.15, 0.2) is 0 Å². The van der Waals surface area contributed by atoms with E-state index in [0.29, 0.717) is 36.6 Å². The zero-order chi connectivity index (χ0) is 21.0. The molecule has 6 heteroatoms. The van der Waals surface area contributed by atoms with Crippen LogP contribution in [0.15, 0.2) is 48.5 Å². The SMILES string of the molecule is CC(C)CNC(=O)c1ccc(NC(=O)CC2(C(=O)O)Cc3ccccc3C2)cc1. The molecule has 29 heavy (non-hydrogen) atoms. The number of fused-ring (bicyclic) bond motifs is 1. The minimum atomic E-state index is -1.12. The third-order valence-corrected chi connectivity index (χ3v) is 5.23. The second-order valence-corrected chi connectivity index (χ2v) is 8.11. The lowest BCUT2D eigenvalue weighted by molar-refractivity contribution is -0.150. The summed E-state index contributed by atoms with van der Waals surface area (Å²) in [4.78, 5) is 36.6. The standard InChI is InChI=1S/C23H26N2O4/c1-15(2)14-24-21(27)16-7-9-19(10-8-16)25-20(26)13-23(22(28)29)11-17-5-3-4-6-18(17)12-23/h3-10,15H,11-14H2,1-2H3,(H,24,27)(H,25,26)(H,28,29). The molecule has 0 atom stereocenters. The maximum absolute atomic E-state index is 12.6. The van der Waals surface area contributed by atoms with Crippen molar-refractivity contribution < 1.29 is 19.5 Å². The zero-order valence-corrected chi connectivity index (χ0v) is 16.7. The summed E-state index contributed by atoms with van der Waals surface area (Å²) in [6.45, 7) is 4.63. The average Bonchev–Trinajstić information content (AvgIpc) is 3.06. The molecule has 0 unspecified atom stereocenters. The van der Waals surface area contributed by atoms with Crippen molar-refractivity contribution in [3.63, 3.8) is 0 Å². The van der Waals surface area contributed by atoms with Crippen LogP contribution in [0.1, 0.15) is 41.8 Å². The lowest BCUT2D eigenvalue weighted by Crippen LogP contribution is -2.36. The van der Waals surface area contributed by atoms with Gasteiger partial charge in [0, 0.05) is 24.2 Å². The van der Waals surface area contributed by atoms with Crippen molar-refractivity contribution in [1.82, 2.24) is 5.32 Å². The zero-order valence-electron chi connectivity index (χ0n) is 16.7. The van der Waals surface area contributed by atoms with Gasteiger partial charge in [-0.1, -0.05) is 38.1 Å². The molecule has 1 aliphatic rings. The number of carbonyl (C=O) groups excluding carboxylic acids is 2. The van der Waals surface area contributed by atoms with Crippen LogP contribution in [0.25, 0.3) is 0 Å². The number of carboxylic acids is 1. The first-order valence-corrected chi connectivity index (χ1v) is 9.77. The Kier molecular flexibility index (Phi) is 6.01. The van der Waals surface area contributed by atoms with E-state index in [0.717, 1.165) is 11.1 Å². The molecule has 2 aromatic carbocycles. The fourth-order valence-corrected chi connectivity index (χ4v) is 3.66. The third kappa shape index (κ3) is 4.83. The molecule has 0 radical (unpaired) electrons. The highest BCUT2D eigenvalue weighted by Crippen LogP contribution is 2.40. The van der Waals surface area contributed by atoms with E-state index >= 15 is 0 Å². The fraction of sp³-hybridized carbons (Fsp3) is 0.348. The van der Waals surface area contributed by atoms with Crippen LogP contribution in [0.3, 0.4) is 0 Å². The van der Waals surface area contributed by atoms with Crippen LogP contribution in [0, 0.1) is 11.3 Å². The van der Waals surface area contributed by atoms with Crippen molar-refractivity contribution in [1.29, 1.82) is 0 Å². The number of anilines is 1. The van der Waals surface area contributed by atoms with E-state index < -0.39 is 11.4 Å². The minimum Gasteiger partial charge on any atom is -0.481 e. The molecule has 3 N–H and O–H groups in total. The molecule has 3 rings (SSSR count). The monoisotopic (exact) mass is 394 g/mol. The molecular weight excluding hydrogens is 368 g/mol. The van der Waals surface area contributed by atoms with Crippen LogP contribution >= 0.6 is 0 Å². The first-order chi connectivity index (χ1) is 13.8. The van der Waals surface area contributed by atoms with Gasteiger partial charge in [-0.15, -0.1) is 0 Å². The van der Waals surface area contributed by atoms with Crippen molar-refractivity contribution in [2.45, 2.75) is 33.1 Å². The predicted molar refractivity (Wildman–Crippen MR) is 111 cm³/mol. The number of benzene rings is 2. The molecule has 2 amide bonds. The van der Waals surface area contributed by atoms with E-state index in [1.54, 1.807) is 24.3 Å². The summed E-state index contributed by atoms with van der Waals surface area (Å²) in [7, 11) is 0. The maximum Gasteiger partial charge on any atom is 0.310 e. The quantitative estimate of drug-likeness (QED) is 0.672. The van der Waals surface area contributed by atoms with Gasteiger partial charge in [-0.3, -0.25) is 14.4 Å². The highest BCUT2D eigenvalue weighted by molar-refractivity contribution is 5.97. The molecule has 6 nitrogen and oxygen atoms in total. The van der Waals surface area contributed by atoms with Gasteiger partial charge in [0.2, 0.25) is 5.91 Å². The van der Waals surface area contributed by atoms with Crippen LogP contribution in [-0.4, -0.2) is 29.4 Å². The second kappa shape index (κ2) is 8.47. The lowest BCUT2D eigenvalue weighted by atomic mass is 9.81. The molecule has 0 saturated heterocycles. The third-order valence-electron chi connectivity index (χ3n) is 5.23. The summed E-state index contributed by atoms with van der Waals surface area (Å²) < 4.78 is 0. The molecule has 0 aromatic heterocycles. The first kappa shape index (κ1) is 20.6. The van der Waals surface area contributed by atoms with Crippen molar-refractivity contribution in [3.8, 4) is 0 Å². The van der Waals surface area contributed by atoms with E-state index in [1.165, 1.54) is 0 Å². The molecule has 0 spiro atoms. The van der Waals surface area contributed by atoms with Crippen molar-refractivity contribution >= 4 is 23.5 Å². The second-order valence-electron chi connectivity index (χ2n) is 8.11. The van der Waals surface area contributed by atoms with E-state index in [2.05, 4.69) is 10.6 Å². The van der Waals surface area contributed by atoms with E-state index in [9.17, 15) is 19.5 Å². The topological polar surface area (TPSA) is 95.5 Å². The van der Waals surface area contributed by atoms with Gasteiger partial charge in [0.1, 0.15) is 0 Å². The number of aliphatic carboxylic acids is 1. The molecule has 0 fully saturated rings. The van der Waals surface area contributed by atoms with Gasteiger partial charge in [0.05, 0.1) is 5.41 Å². The number of nitrogens with one attached hydrogen (secondary N) is 2. The molecule has 0 aliphatic heterocycles. The number of rotatable bonds is 7. The number of hydrogen-bond donors (Lipinski definition) is 3. The molecule has 1 aliphatic carbocycles. The summed E-state index contributed by atoms with van der Waals surface area (Å²) in [6, 6.07) is 14.2. The maximum atomic E-state index is 12.6. The number of carboxylic acid groups (broad SMARTS) is 1. The van der Waals surface area contributed by atoms with Gasteiger partial charge in [0.25, 0.3) is 5.91 Å². The van der Waals surface area contributed by atoms with Crippen molar-refractivity contribution in [2.24, 2.45) is 11.3 Å². The van der Waals surface area contributed by atoms with Crippen molar-refractivity contribution in [2.75, 3.05) is 11.9 Å². The van der Waals surface area contributed by atoms with Gasteiger partial charge >= 0.3 is 5.97 Å². The van der Waals surface area contributed by atoms with Crippen molar-refractivity contribution in [3.05, 3.63) is 65.2 Å².